The van der Waals surface area contributed by atoms with Crippen molar-refractivity contribution in [1.29, 1.82) is 0 Å². The zero-order chi connectivity index (χ0) is 16.1. The fourth-order valence-electron chi connectivity index (χ4n) is 2.50. The summed E-state index contributed by atoms with van der Waals surface area (Å²) in [6.45, 7) is -0.212. The van der Waals surface area contributed by atoms with Gasteiger partial charge in [0, 0.05) is 29.1 Å². The lowest BCUT2D eigenvalue weighted by atomic mass is 10.1. The van der Waals surface area contributed by atoms with Crippen molar-refractivity contribution in [2.24, 2.45) is 0 Å². The molecule has 0 fully saturated rings. The van der Waals surface area contributed by atoms with Crippen molar-refractivity contribution in [3.8, 4) is 0 Å². The second-order valence-electron chi connectivity index (χ2n) is 5.31. The SMILES string of the molecule is O=C(CCc1c[nH]c2ccccc12)OCC(=O)c1ccccc1. The van der Waals surface area contributed by atoms with Crippen molar-refractivity contribution in [2.45, 2.75) is 12.8 Å². The predicted molar refractivity (Wildman–Crippen MR) is 88.4 cm³/mol. The molecule has 3 aromatic rings. The van der Waals surface area contributed by atoms with E-state index in [2.05, 4.69) is 4.98 Å². The second kappa shape index (κ2) is 6.92. The highest BCUT2D eigenvalue weighted by atomic mass is 16.5. The first-order valence-corrected chi connectivity index (χ1v) is 7.53. The van der Waals surface area contributed by atoms with E-state index in [0.717, 1.165) is 16.5 Å². The number of hydrogen-bond donors (Lipinski definition) is 1. The summed E-state index contributed by atoms with van der Waals surface area (Å²) < 4.78 is 5.07. The minimum atomic E-state index is -0.362. The molecule has 4 heteroatoms. The van der Waals surface area contributed by atoms with Crippen molar-refractivity contribution in [2.75, 3.05) is 6.61 Å². The number of carbonyl (C=O) groups excluding carboxylic acids is 2. The molecule has 23 heavy (non-hydrogen) atoms. The van der Waals surface area contributed by atoms with E-state index >= 15 is 0 Å². The monoisotopic (exact) mass is 307 g/mol. The van der Waals surface area contributed by atoms with Gasteiger partial charge in [-0.05, 0) is 18.1 Å². The number of fused-ring (bicyclic) bond motifs is 1. The molecule has 2 aromatic carbocycles. The smallest absolute Gasteiger partial charge is 0.306 e. The topological polar surface area (TPSA) is 59.2 Å². The maximum Gasteiger partial charge on any atom is 0.306 e. The third-order valence-electron chi connectivity index (χ3n) is 3.73. The fourth-order valence-corrected chi connectivity index (χ4v) is 2.50. The molecule has 4 nitrogen and oxygen atoms in total. The molecule has 116 valence electrons. The standard InChI is InChI=1S/C19H17NO3/c21-18(14-6-2-1-3-7-14)13-23-19(22)11-10-15-12-20-17-9-5-4-8-16(15)17/h1-9,12,20H,10-11,13H2. The van der Waals surface area contributed by atoms with Gasteiger partial charge in [0.1, 0.15) is 0 Å². The van der Waals surface area contributed by atoms with Crippen LogP contribution in [0.4, 0.5) is 0 Å². The normalized spacial score (nSPS) is 10.6. The van der Waals surface area contributed by atoms with Crippen LogP contribution in [0.1, 0.15) is 22.3 Å². The Morgan fingerprint density at radius 1 is 0.957 bits per heavy atom. The molecule has 1 N–H and O–H groups in total. The van der Waals surface area contributed by atoms with Crippen molar-refractivity contribution in [1.82, 2.24) is 4.98 Å². The quantitative estimate of drug-likeness (QED) is 0.560. The largest absolute Gasteiger partial charge is 0.457 e. The Kier molecular flexibility index (Phi) is 4.52. The number of ether oxygens (including phenoxy) is 1. The lowest BCUT2D eigenvalue weighted by molar-refractivity contribution is -0.142. The van der Waals surface area contributed by atoms with Crippen LogP contribution in [-0.2, 0) is 16.0 Å². The van der Waals surface area contributed by atoms with Crippen molar-refractivity contribution < 1.29 is 14.3 Å². The summed E-state index contributed by atoms with van der Waals surface area (Å²) in [6, 6.07) is 16.8. The van der Waals surface area contributed by atoms with Crippen LogP contribution in [0, 0.1) is 0 Å². The molecule has 0 aliphatic carbocycles. The van der Waals surface area contributed by atoms with E-state index < -0.39 is 0 Å². The van der Waals surface area contributed by atoms with Crippen LogP contribution in [0.2, 0.25) is 0 Å². The summed E-state index contributed by atoms with van der Waals surface area (Å²) in [5.74, 6) is -0.550. The number of carbonyl (C=O) groups is 2. The van der Waals surface area contributed by atoms with E-state index in [9.17, 15) is 9.59 Å². The van der Waals surface area contributed by atoms with Gasteiger partial charge in [0.05, 0.1) is 0 Å². The first-order valence-electron chi connectivity index (χ1n) is 7.53. The maximum atomic E-state index is 11.9. The Bertz CT molecular complexity index is 821. The summed E-state index contributed by atoms with van der Waals surface area (Å²) in [6.07, 6.45) is 2.75. The average Bonchev–Trinajstić information content (AvgIpc) is 3.02. The number of aryl methyl sites for hydroxylation is 1. The third kappa shape index (κ3) is 3.66. The zero-order valence-corrected chi connectivity index (χ0v) is 12.6. The first-order chi connectivity index (χ1) is 11.2. The number of para-hydroxylation sites is 1. The Hall–Kier alpha value is -2.88. The number of Topliss-reactive ketones (excluding diaryl/α,β-unsaturated/α-hetero) is 1. The van der Waals surface area contributed by atoms with Crippen LogP contribution in [0.25, 0.3) is 10.9 Å². The number of H-pyrrole nitrogens is 1. The summed E-state index contributed by atoms with van der Waals surface area (Å²) in [7, 11) is 0. The van der Waals surface area contributed by atoms with E-state index in [-0.39, 0.29) is 24.8 Å². The highest BCUT2D eigenvalue weighted by Crippen LogP contribution is 2.19. The van der Waals surface area contributed by atoms with E-state index in [1.54, 1.807) is 24.3 Å². The van der Waals surface area contributed by atoms with Crippen molar-refractivity contribution in [3.63, 3.8) is 0 Å². The first kappa shape index (κ1) is 15.0. The maximum absolute atomic E-state index is 11.9. The van der Waals surface area contributed by atoms with E-state index in [0.29, 0.717) is 12.0 Å². The minimum Gasteiger partial charge on any atom is -0.457 e. The average molecular weight is 307 g/mol. The molecule has 0 amide bonds. The molecule has 0 spiro atoms. The molecular formula is C19H17NO3. The van der Waals surface area contributed by atoms with Gasteiger partial charge in [0.15, 0.2) is 12.4 Å². The van der Waals surface area contributed by atoms with Gasteiger partial charge in [-0.3, -0.25) is 9.59 Å². The van der Waals surface area contributed by atoms with Crippen LogP contribution in [0.3, 0.4) is 0 Å². The van der Waals surface area contributed by atoms with Gasteiger partial charge >= 0.3 is 5.97 Å². The Morgan fingerprint density at radius 2 is 1.70 bits per heavy atom. The van der Waals surface area contributed by atoms with Gasteiger partial charge in [-0.25, -0.2) is 0 Å². The number of rotatable bonds is 6. The van der Waals surface area contributed by atoms with Crippen LogP contribution in [0.15, 0.2) is 60.8 Å². The Labute approximate surface area is 134 Å². The lowest BCUT2D eigenvalue weighted by Gasteiger charge is -2.04. The molecular weight excluding hydrogens is 290 g/mol. The molecule has 0 unspecified atom stereocenters. The zero-order valence-electron chi connectivity index (χ0n) is 12.6. The number of nitrogens with one attached hydrogen (secondary N) is 1. The fraction of sp³-hybridized carbons (Fsp3) is 0.158. The summed E-state index contributed by atoms with van der Waals surface area (Å²) in [5, 5.41) is 1.11. The number of aromatic nitrogens is 1. The van der Waals surface area contributed by atoms with Gasteiger partial charge in [-0.2, -0.15) is 0 Å². The van der Waals surface area contributed by atoms with Crippen LogP contribution < -0.4 is 0 Å². The second-order valence-corrected chi connectivity index (χ2v) is 5.31. The van der Waals surface area contributed by atoms with Gasteiger partial charge in [-0.15, -0.1) is 0 Å². The molecule has 0 bridgehead atoms. The number of esters is 1. The van der Waals surface area contributed by atoms with Gasteiger partial charge in [-0.1, -0.05) is 48.5 Å². The van der Waals surface area contributed by atoms with E-state index in [1.165, 1.54) is 0 Å². The Balaban J connectivity index is 1.51. The third-order valence-corrected chi connectivity index (χ3v) is 3.73. The minimum absolute atomic E-state index is 0.189. The number of hydrogen-bond acceptors (Lipinski definition) is 3. The lowest BCUT2D eigenvalue weighted by Crippen LogP contribution is -2.14. The molecule has 0 saturated heterocycles. The molecule has 1 heterocycles. The van der Waals surface area contributed by atoms with Crippen LogP contribution in [0.5, 0.6) is 0 Å². The highest BCUT2D eigenvalue weighted by molar-refractivity contribution is 5.97. The van der Waals surface area contributed by atoms with E-state index in [1.807, 2.05) is 36.5 Å². The van der Waals surface area contributed by atoms with Crippen LogP contribution >= 0.6 is 0 Å². The number of ketones is 1. The molecule has 0 radical (unpaired) electrons. The van der Waals surface area contributed by atoms with Crippen LogP contribution in [-0.4, -0.2) is 23.3 Å². The summed E-state index contributed by atoms with van der Waals surface area (Å²) >= 11 is 0. The van der Waals surface area contributed by atoms with Crippen molar-refractivity contribution >= 4 is 22.7 Å². The van der Waals surface area contributed by atoms with Gasteiger partial charge in [0.2, 0.25) is 0 Å². The number of aromatic amines is 1. The van der Waals surface area contributed by atoms with Gasteiger partial charge in [0.25, 0.3) is 0 Å². The molecule has 0 aliphatic rings. The highest BCUT2D eigenvalue weighted by Gasteiger charge is 2.11. The predicted octanol–water partition coefficient (Wildman–Crippen LogP) is 3.53. The molecule has 0 atom stereocenters. The molecule has 0 saturated carbocycles. The molecule has 3 rings (SSSR count). The number of benzene rings is 2. The summed E-state index contributed by atoms with van der Waals surface area (Å²) in [4.78, 5) is 26.9. The van der Waals surface area contributed by atoms with Gasteiger partial charge < -0.3 is 9.72 Å². The van der Waals surface area contributed by atoms with E-state index in [4.69, 9.17) is 4.74 Å². The Morgan fingerprint density at radius 3 is 2.52 bits per heavy atom. The molecule has 0 aliphatic heterocycles. The summed E-state index contributed by atoms with van der Waals surface area (Å²) in [5.41, 5.74) is 2.68. The molecule has 1 aromatic heterocycles. The van der Waals surface area contributed by atoms with Crippen molar-refractivity contribution in [3.05, 3.63) is 71.9 Å².